The van der Waals surface area contributed by atoms with E-state index in [2.05, 4.69) is 35.0 Å². The maximum Gasteiger partial charge on any atom is 0.0580 e. The third kappa shape index (κ3) is 4.25. The summed E-state index contributed by atoms with van der Waals surface area (Å²) in [5, 5.41) is 0.809. The summed E-state index contributed by atoms with van der Waals surface area (Å²) in [6, 6.07) is 8.15. The van der Waals surface area contributed by atoms with Crippen LogP contribution in [0.25, 0.3) is 0 Å². The van der Waals surface area contributed by atoms with Crippen LogP contribution in [0, 0.1) is 5.92 Å². The Labute approximate surface area is 123 Å². The van der Waals surface area contributed by atoms with Crippen molar-refractivity contribution in [2.75, 3.05) is 6.61 Å². The van der Waals surface area contributed by atoms with Crippen LogP contribution in [-0.4, -0.2) is 17.5 Å². The van der Waals surface area contributed by atoms with Crippen LogP contribution in [0.15, 0.2) is 24.3 Å². The molecule has 0 aliphatic heterocycles. The van der Waals surface area contributed by atoms with E-state index in [-0.39, 0.29) is 0 Å². The van der Waals surface area contributed by atoms with Crippen molar-refractivity contribution in [2.24, 2.45) is 5.92 Å². The average Bonchev–Trinajstić information content (AvgIpc) is 2.29. The molecule has 1 atom stereocenters. The Morgan fingerprint density at radius 3 is 2.61 bits per heavy atom. The summed E-state index contributed by atoms with van der Waals surface area (Å²) < 4.78 is 5.59. The van der Waals surface area contributed by atoms with E-state index in [1.807, 2.05) is 12.1 Å². The second-order valence-electron chi connectivity index (χ2n) is 5.08. The van der Waals surface area contributed by atoms with Crippen molar-refractivity contribution in [3.05, 3.63) is 34.9 Å². The summed E-state index contributed by atoms with van der Waals surface area (Å²) in [7, 11) is 0. The van der Waals surface area contributed by atoms with Crippen LogP contribution >= 0.6 is 27.5 Å². The van der Waals surface area contributed by atoms with Crippen molar-refractivity contribution in [1.82, 2.24) is 0 Å². The average molecular weight is 332 g/mol. The van der Waals surface area contributed by atoms with E-state index in [0.29, 0.717) is 10.9 Å². The molecule has 1 unspecified atom stereocenters. The molecular formula is C15H20BrClO. The van der Waals surface area contributed by atoms with Crippen molar-refractivity contribution >= 4 is 27.5 Å². The van der Waals surface area contributed by atoms with E-state index in [0.717, 1.165) is 24.0 Å². The molecule has 1 aliphatic rings. The third-order valence-corrected chi connectivity index (χ3v) is 4.50. The first-order valence-electron chi connectivity index (χ1n) is 6.67. The van der Waals surface area contributed by atoms with Crippen LogP contribution in [0.2, 0.25) is 5.02 Å². The number of benzene rings is 1. The predicted molar refractivity (Wildman–Crippen MR) is 80.6 cm³/mol. The van der Waals surface area contributed by atoms with Gasteiger partial charge in [0.2, 0.25) is 0 Å². The first-order chi connectivity index (χ1) is 8.67. The van der Waals surface area contributed by atoms with Gasteiger partial charge in [0.15, 0.2) is 0 Å². The van der Waals surface area contributed by atoms with Crippen molar-refractivity contribution < 1.29 is 4.74 Å². The summed E-state index contributed by atoms with van der Waals surface area (Å²) in [4.78, 5) is 0.561. The second kappa shape index (κ2) is 6.93. The molecule has 1 nitrogen and oxygen atoms in total. The molecule has 0 bridgehead atoms. The minimum absolute atomic E-state index is 0.523. The highest BCUT2D eigenvalue weighted by molar-refractivity contribution is 9.09. The standard InChI is InChI=1S/C15H20BrClO/c1-2-18-15-9-12(10-15)8-13(16)7-11-3-5-14(17)6-4-11/h3-6,12-13,15H,2,7-10H2,1H3. The van der Waals surface area contributed by atoms with Crippen LogP contribution in [0.1, 0.15) is 31.7 Å². The molecule has 1 saturated carbocycles. The molecule has 0 aromatic heterocycles. The summed E-state index contributed by atoms with van der Waals surface area (Å²) in [5.74, 6) is 0.832. The van der Waals surface area contributed by atoms with Gasteiger partial charge in [0.25, 0.3) is 0 Å². The lowest BCUT2D eigenvalue weighted by Gasteiger charge is -2.36. The van der Waals surface area contributed by atoms with Gasteiger partial charge in [0.05, 0.1) is 6.10 Å². The van der Waals surface area contributed by atoms with Crippen molar-refractivity contribution in [1.29, 1.82) is 0 Å². The SMILES string of the molecule is CCOC1CC(CC(Br)Cc2ccc(Cl)cc2)C1. The van der Waals surface area contributed by atoms with Crippen molar-refractivity contribution in [3.8, 4) is 0 Å². The highest BCUT2D eigenvalue weighted by atomic mass is 79.9. The lowest BCUT2D eigenvalue weighted by Crippen LogP contribution is -2.33. The molecule has 0 heterocycles. The minimum atomic E-state index is 0.523. The largest absolute Gasteiger partial charge is 0.378 e. The van der Waals surface area contributed by atoms with Crippen LogP contribution in [0.5, 0.6) is 0 Å². The highest BCUT2D eigenvalue weighted by Crippen LogP contribution is 2.35. The molecule has 0 saturated heterocycles. The van der Waals surface area contributed by atoms with E-state index in [9.17, 15) is 0 Å². The molecule has 1 aromatic carbocycles. The van der Waals surface area contributed by atoms with E-state index < -0.39 is 0 Å². The van der Waals surface area contributed by atoms with Gasteiger partial charge in [0, 0.05) is 16.5 Å². The summed E-state index contributed by atoms with van der Waals surface area (Å²) >= 11 is 9.68. The normalized spacial score (nSPS) is 24.6. The number of ether oxygens (including phenoxy) is 1. The van der Waals surface area contributed by atoms with Gasteiger partial charge < -0.3 is 4.74 Å². The summed E-state index contributed by atoms with van der Waals surface area (Å²) in [6.07, 6.45) is 5.31. The van der Waals surface area contributed by atoms with Gasteiger partial charge in [-0.05, 0) is 56.2 Å². The van der Waals surface area contributed by atoms with Gasteiger partial charge in [-0.2, -0.15) is 0 Å². The minimum Gasteiger partial charge on any atom is -0.378 e. The Morgan fingerprint density at radius 2 is 2.00 bits per heavy atom. The van der Waals surface area contributed by atoms with Crippen molar-refractivity contribution in [2.45, 2.75) is 43.5 Å². The Bertz CT molecular complexity index is 359. The number of alkyl halides is 1. The molecular weight excluding hydrogens is 312 g/mol. The van der Waals surface area contributed by atoms with Crippen molar-refractivity contribution in [3.63, 3.8) is 0 Å². The molecule has 1 aromatic rings. The van der Waals surface area contributed by atoms with Gasteiger partial charge in [-0.1, -0.05) is 39.7 Å². The fraction of sp³-hybridized carbons (Fsp3) is 0.600. The molecule has 3 heteroatoms. The molecule has 18 heavy (non-hydrogen) atoms. The molecule has 0 N–H and O–H groups in total. The van der Waals surface area contributed by atoms with Gasteiger partial charge >= 0.3 is 0 Å². The topological polar surface area (TPSA) is 9.23 Å². The van der Waals surface area contributed by atoms with Gasteiger partial charge in [0.1, 0.15) is 0 Å². The van der Waals surface area contributed by atoms with Crippen LogP contribution in [-0.2, 0) is 11.2 Å². The first-order valence-corrected chi connectivity index (χ1v) is 7.96. The van der Waals surface area contributed by atoms with E-state index in [1.165, 1.54) is 24.8 Å². The van der Waals surface area contributed by atoms with E-state index in [1.54, 1.807) is 0 Å². The number of hydrogen-bond donors (Lipinski definition) is 0. The Kier molecular flexibility index (Phi) is 5.53. The van der Waals surface area contributed by atoms with Gasteiger partial charge in [-0.25, -0.2) is 0 Å². The van der Waals surface area contributed by atoms with E-state index in [4.69, 9.17) is 16.3 Å². The fourth-order valence-corrected chi connectivity index (χ4v) is 3.59. The lowest BCUT2D eigenvalue weighted by molar-refractivity contribution is -0.0263. The molecule has 1 fully saturated rings. The first kappa shape index (κ1) is 14.4. The maximum atomic E-state index is 5.88. The Hall–Kier alpha value is -0.0500. The maximum absolute atomic E-state index is 5.88. The Balaban J connectivity index is 1.70. The quantitative estimate of drug-likeness (QED) is 0.677. The summed E-state index contributed by atoms with van der Waals surface area (Å²) in [6.45, 7) is 2.92. The Morgan fingerprint density at radius 1 is 1.33 bits per heavy atom. The lowest BCUT2D eigenvalue weighted by atomic mass is 9.79. The van der Waals surface area contributed by atoms with E-state index >= 15 is 0 Å². The van der Waals surface area contributed by atoms with Crippen LogP contribution < -0.4 is 0 Å². The number of halogens is 2. The van der Waals surface area contributed by atoms with Crippen LogP contribution in [0.3, 0.4) is 0 Å². The third-order valence-electron chi connectivity index (χ3n) is 3.55. The fourth-order valence-electron chi connectivity index (χ4n) is 2.56. The zero-order chi connectivity index (χ0) is 13.0. The van der Waals surface area contributed by atoms with Gasteiger partial charge in [-0.3, -0.25) is 0 Å². The zero-order valence-electron chi connectivity index (χ0n) is 10.7. The van der Waals surface area contributed by atoms with Crippen LogP contribution in [0.4, 0.5) is 0 Å². The molecule has 2 rings (SSSR count). The second-order valence-corrected chi connectivity index (χ2v) is 6.81. The smallest absolute Gasteiger partial charge is 0.0580 e. The summed E-state index contributed by atoms with van der Waals surface area (Å²) in [5.41, 5.74) is 1.35. The molecule has 0 radical (unpaired) electrons. The molecule has 100 valence electrons. The number of hydrogen-bond acceptors (Lipinski definition) is 1. The molecule has 0 amide bonds. The highest BCUT2D eigenvalue weighted by Gasteiger charge is 2.30. The monoisotopic (exact) mass is 330 g/mol. The predicted octanol–water partition coefficient (Wildman–Crippen LogP) is 4.85. The zero-order valence-corrected chi connectivity index (χ0v) is 13.1. The van der Waals surface area contributed by atoms with Gasteiger partial charge in [-0.15, -0.1) is 0 Å². The number of rotatable bonds is 6. The molecule has 1 aliphatic carbocycles. The molecule has 0 spiro atoms.